The van der Waals surface area contributed by atoms with Crippen LogP contribution in [0.5, 0.6) is 0 Å². The Bertz CT molecular complexity index is 1050. The molecule has 1 saturated carbocycles. The molecule has 0 radical (unpaired) electrons. The third kappa shape index (κ3) is 6.36. The topological polar surface area (TPSA) is 87.3 Å². The normalized spacial score (nSPS) is 14.2. The van der Waals surface area contributed by atoms with E-state index in [1.54, 1.807) is 13.0 Å². The van der Waals surface area contributed by atoms with Crippen LogP contribution in [0, 0.1) is 5.92 Å². The van der Waals surface area contributed by atoms with Crippen LogP contribution in [0.25, 0.3) is 0 Å². The van der Waals surface area contributed by atoms with Gasteiger partial charge in [0, 0.05) is 12.2 Å². The number of anilines is 3. The van der Waals surface area contributed by atoms with Crippen LogP contribution in [-0.2, 0) is 16.0 Å². The molecule has 0 atom stereocenters. The van der Waals surface area contributed by atoms with Gasteiger partial charge in [0.05, 0.1) is 27.6 Å². The minimum absolute atomic E-state index is 0.0300. The standard InChI is InChI=1S/C21H24F3N3O3S/c1-2-10-31(29,30)17-8-9-18(25-13-14-6-7-14)19(12-17)27-20(28)26-16-5-3-4-15(11-16)21(22,23)24/h3-5,8-9,11-12,14,25H,2,6-7,10,13H2,1H3,(H2,26,27,28). The van der Waals surface area contributed by atoms with Crippen LogP contribution in [0.1, 0.15) is 31.7 Å². The molecule has 2 amide bonds. The summed E-state index contributed by atoms with van der Waals surface area (Å²) in [5.41, 5.74) is -0.136. The van der Waals surface area contributed by atoms with Crippen LogP contribution in [0.2, 0.25) is 0 Å². The van der Waals surface area contributed by atoms with Crippen molar-refractivity contribution < 1.29 is 26.4 Å². The summed E-state index contributed by atoms with van der Waals surface area (Å²) in [6.07, 6.45) is -1.87. The second kappa shape index (κ2) is 9.17. The molecule has 0 saturated heterocycles. The first-order valence-corrected chi connectivity index (χ1v) is 11.6. The Morgan fingerprint density at radius 3 is 2.45 bits per heavy atom. The highest BCUT2D eigenvalue weighted by atomic mass is 32.2. The molecular formula is C21H24F3N3O3S. The minimum Gasteiger partial charge on any atom is -0.383 e. The number of halogens is 3. The third-order valence-electron chi connectivity index (χ3n) is 4.80. The van der Waals surface area contributed by atoms with Crippen molar-refractivity contribution in [1.82, 2.24) is 0 Å². The SMILES string of the molecule is CCCS(=O)(=O)c1ccc(NCC2CC2)c(NC(=O)Nc2cccc(C(F)(F)F)c2)c1. The summed E-state index contributed by atoms with van der Waals surface area (Å²) in [5.74, 6) is 0.507. The van der Waals surface area contributed by atoms with Gasteiger partial charge in [-0.3, -0.25) is 0 Å². The zero-order valence-corrected chi connectivity index (χ0v) is 17.7. The summed E-state index contributed by atoms with van der Waals surface area (Å²) in [6.45, 7) is 2.44. The lowest BCUT2D eigenvalue weighted by molar-refractivity contribution is -0.137. The number of benzene rings is 2. The predicted molar refractivity (Wildman–Crippen MR) is 114 cm³/mol. The highest BCUT2D eigenvalue weighted by Crippen LogP contribution is 2.33. The van der Waals surface area contributed by atoms with Gasteiger partial charge in [0.1, 0.15) is 0 Å². The van der Waals surface area contributed by atoms with E-state index < -0.39 is 27.6 Å². The summed E-state index contributed by atoms with van der Waals surface area (Å²) in [7, 11) is -3.51. The van der Waals surface area contributed by atoms with E-state index in [1.807, 2.05) is 0 Å². The molecule has 0 bridgehead atoms. The van der Waals surface area contributed by atoms with Gasteiger partial charge in [-0.15, -0.1) is 0 Å². The Morgan fingerprint density at radius 1 is 1.06 bits per heavy atom. The molecule has 10 heteroatoms. The molecule has 2 aromatic carbocycles. The van der Waals surface area contributed by atoms with Crippen LogP contribution in [-0.4, -0.2) is 26.7 Å². The Balaban J connectivity index is 1.81. The highest BCUT2D eigenvalue weighted by Gasteiger charge is 2.30. The highest BCUT2D eigenvalue weighted by molar-refractivity contribution is 7.91. The molecule has 1 fully saturated rings. The van der Waals surface area contributed by atoms with Crippen molar-refractivity contribution in [3.63, 3.8) is 0 Å². The quantitative estimate of drug-likeness (QED) is 0.500. The lowest BCUT2D eigenvalue weighted by Gasteiger charge is -2.16. The number of amides is 2. The first kappa shape index (κ1) is 22.9. The van der Waals surface area contributed by atoms with Gasteiger partial charge in [-0.05, 0) is 61.6 Å². The van der Waals surface area contributed by atoms with Crippen LogP contribution >= 0.6 is 0 Å². The molecule has 6 nitrogen and oxygen atoms in total. The number of rotatable bonds is 8. The molecule has 1 aliphatic carbocycles. The van der Waals surface area contributed by atoms with Gasteiger partial charge in [0.2, 0.25) is 0 Å². The molecule has 0 aliphatic heterocycles. The van der Waals surface area contributed by atoms with Gasteiger partial charge in [0.25, 0.3) is 0 Å². The maximum atomic E-state index is 12.9. The molecule has 168 valence electrons. The number of carbonyl (C=O) groups excluding carboxylic acids is 1. The second-order valence-corrected chi connectivity index (χ2v) is 9.62. The van der Waals surface area contributed by atoms with Crippen molar-refractivity contribution in [3.8, 4) is 0 Å². The van der Waals surface area contributed by atoms with Crippen LogP contribution in [0.4, 0.5) is 35.0 Å². The smallest absolute Gasteiger partial charge is 0.383 e. The number of alkyl halides is 3. The third-order valence-corrected chi connectivity index (χ3v) is 6.71. The summed E-state index contributed by atoms with van der Waals surface area (Å²) in [5, 5.41) is 8.12. The monoisotopic (exact) mass is 455 g/mol. The molecule has 0 aromatic heterocycles. The zero-order chi connectivity index (χ0) is 22.6. The lowest BCUT2D eigenvalue weighted by Crippen LogP contribution is -2.21. The summed E-state index contributed by atoms with van der Waals surface area (Å²) < 4.78 is 63.5. The van der Waals surface area contributed by atoms with E-state index >= 15 is 0 Å². The van der Waals surface area contributed by atoms with E-state index in [4.69, 9.17) is 0 Å². The number of nitrogens with one attached hydrogen (secondary N) is 3. The van der Waals surface area contributed by atoms with Crippen LogP contribution in [0.3, 0.4) is 0 Å². The Kier molecular flexibility index (Phi) is 6.78. The summed E-state index contributed by atoms with van der Waals surface area (Å²) >= 11 is 0. The van der Waals surface area contributed by atoms with E-state index in [0.717, 1.165) is 25.0 Å². The van der Waals surface area contributed by atoms with Crippen LogP contribution < -0.4 is 16.0 Å². The number of hydrogen-bond donors (Lipinski definition) is 3. The van der Waals surface area contributed by atoms with Crippen molar-refractivity contribution in [1.29, 1.82) is 0 Å². The van der Waals surface area contributed by atoms with Crippen molar-refractivity contribution >= 4 is 32.9 Å². The van der Waals surface area contributed by atoms with Gasteiger partial charge in [-0.25, -0.2) is 13.2 Å². The molecular weight excluding hydrogens is 431 g/mol. The zero-order valence-electron chi connectivity index (χ0n) is 16.9. The molecule has 0 unspecified atom stereocenters. The fourth-order valence-electron chi connectivity index (χ4n) is 3.00. The first-order chi connectivity index (χ1) is 14.6. The van der Waals surface area contributed by atoms with Gasteiger partial charge >= 0.3 is 12.2 Å². The average Bonchev–Trinajstić information content (AvgIpc) is 3.51. The van der Waals surface area contributed by atoms with Crippen molar-refractivity contribution in [3.05, 3.63) is 48.0 Å². The van der Waals surface area contributed by atoms with E-state index in [1.165, 1.54) is 24.3 Å². The molecule has 1 aliphatic rings. The fourth-order valence-corrected chi connectivity index (χ4v) is 4.34. The van der Waals surface area contributed by atoms with Crippen LogP contribution in [0.15, 0.2) is 47.4 Å². The predicted octanol–water partition coefficient (Wildman–Crippen LogP) is 5.36. The minimum atomic E-state index is -4.53. The lowest BCUT2D eigenvalue weighted by atomic mass is 10.2. The summed E-state index contributed by atoms with van der Waals surface area (Å²) in [6, 6.07) is 7.92. The van der Waals surface area contributed by atoms with Crippen molar-refractivity contribution in [2.75, 3.05) is 28.2 Å². The molecule has 31 heavy (non-hydrogen) atoms. The van der Waals surface area contributed by atoms with Gasteiger partial charge in [-0.2, -0.15) is 13.2 Å². The van der Waals surface area contributed by atoms with Gasteiger partial charge in [-0.1, -0.05) is 13.0 Å². The first-order valence-electron chi connectivity index (χ1n) is 9.94. The molecule has 0 heterocycles. The van der Waals surface area contributed by atoms with E-state index in [9.17, 15) is 26.4 Å². The Hall–Kier alpha value is -2.75. The van der Waals surface area contributed by atoms with E-state index in [-0.39, 0.29) is 22.0 Å². The van der Waals surface area contributed by atoms with Gasteiger partial charge in [0.15, 0.2) is 9.84 Å². The molecule has 3 rings (SSSR count). The van der Waals surface area contributed by atoms with Crippen molar-refractivity contribution in [2.45, 2.75) is 37.3 Å². The fraction of sp³-hybridized carbons (Fsp3) is 0.381. The van der Waals surface area contributed by atoms with Crippen molar-refractivity contribution in [2.24, 2.45) is 5.92 Å². The Morgan fingerprint density at radius 2 is 1.81 bits per heavy atom. The van der Waals surface area contributed by atoms with E-state index in [0.29, 0.717) is 24.6 Å². The number of sulfone groups is 1. The molecule has 0 spiro atoms. The largest absolute Gasteiger partial charge is 0.416 e. The van der Waals surface area contributed by atoms with E-state index in [2.05, 4.69) is 16.0 Å². The maximum absolute atomic E-state index is 12.9. The molecule has 3 N–H and O–H groups in total. The number of urea groups is 1. The second-order valence-electron chi connectivity index (χ2n) is 7.51. The summed E-state index contributed by atoms with van der Waals surface area (Å²) in [4.78, 5) is 12.5. The Labute approximate surface area is 179 Å². The van der Waals surface area contributed by atoms with Gasteiger partial charge < -0.3 is 16.0 Å². The maximum Gasteiger partial charge on any atom is 0.416 e. The number of hydrogen-bond acceptors (Lipinski definition) is 4. The average molecular weight is 456 g/mol. The molecule has 2 aromatic rings. The number of carbonyl (C=O) groups is 1.